The van der Waals surface area contributed by atoms with E-state index in [1.54, 1.807) is 0 Å². The second-order valence-corrected chi connectivity index (χ2v) is 13.5. The number of likely N-dealkylation sites (N-methyl/N-ethyl adjacent to an activating group) is 1. The van der Waals surface area contributed by atoms with Crippen LogP contribution in [-0.4, -0.2) is 96.6 Å². The summed E-state index contributed by atoms with van der Waals surface area (Å²) in [4.78, 5) is 30.7. The molecule has 6 rings (SSSR count). The van der Waals surface area contributed by atoms with Gasteiger partial charge in [0.05, 0.1) is 30.4 Å². The highest BCUT2D eigenvalue weighted by Gasteiger charge is 2.33. The lowest BCUT2D eigenvalue weighted by Gasteiger charge is -2.34. The number of likely N-dealkylation sites (tertiary alicyclic amines) is 1. The summed E-state index contributed by atoms with van der Waals surface area (Å²) in [6.07, 6.45) is 1.13. The number of anilines is 2. The van der Waals surface area contributed by atoms with E-state index >= 15 is 4.39 Å². The summed E-state index contributed by atoms with van der Waals surface area (Å²) in [5, 5.41) is 2.82. The molecule has 0 saturated carbocycles. The fourth-order valence-corrected chi connectivity index (χ4v) is 6.74. The minimum absolute atomic E-state index is 0.0221. The third kappa shape index (κ3) is 6.66. The third-order valence-corrected chi connectivity index (χ3v) is 9.01. The van der Waals surface area contributed by atoms with E-state index in [9.17, 15) is 4.79 Å². The van der Waals surface area contributed by atoms with Crippen molar-refractivity contribution < 1.29 is 18.7 Å². The molecule has 2 fully saturated rings. The van der Waals surface area contributed by atoms with Crippen molar-refractivity contribution in [1.29, 1.82) is 0 Å². The molecule has 4 heterocycles. The third-order valence-electron chi connectivity index (χ3n) is 8.70. The quantitative estimate of drug-likeness (QED) is 0.357. The van der Waals surface area contributed by atoms with Crippen LogP contribution in [0.2, 0.25) is 5.02 Å². The zero-order chi connectivity index (χ0) is 31.0. The van der Waals surface area contributed by atoms with E-state index < -0.39 is 17.9 Å². The molecular formula is C33H42ClFN6O3. The molecule has 3 aliphatic rings. The van der Waals surface area contributed by atoms with Gasteiger partial charge in [-0.3, -0.25) is 0 Å². The Morgan fingerprint density at radius 1 is 1.05 bits per heavy atom. The van der Waals surface area contributed by atoms with Gasteiger partial charge < -0.3 is 29.1 Å². The van der Waals surface area contributed by atoms with E-state index in [2.05, 4.69) is 41.1 Å². The Hall–Kier alpha value is -3.37. The average Bonchev–Trinajstić information content (AvgIpc) is 3.28. The van der Waals surface area contributed by atoms with Gasteiger partial charge in [0, 0.05) is 42.3 Å². The molecule has 3 aromatic rings. The molecule has 0 bridgehead atoms. The van der Waals surface area contributed by atoms with E-state index in [0.29, 0.717) is 55.6 Å². The van der Waals surface area contributed by atoms with E-state index in [0.717, 1.165) is 53.6 Å². The molecule has 1 unspecified atom stereocenters. The Bertz CT molecular complexity index is 1510. The first-order valence-electron chi connectivity index (χ1n) is 15.6. The number of fused-ring (bicyclic) bond motifs is 2. The van der Waals surface area contributed by atoms with Crippen LogP contribution < -0.4 is 14.5 Å². The van der Waals surface area contributed by atoms with Crippen molar-refractivity contribution in [3.63, 3.8) is 0 Å². The number of carbonyl (C=O) groups excluding carboxylic acids is 1. The van der Waals surface area contributed by atoms with Crippen molar-refractivity contribution in [2.24, 2.45) is 0 Å². The van der Waals surface area contributed by atoms with Gasteiger partial charge in [0.1, 0.15) is 24.2 Å². The van der Waals surface area contributed by atoms with Gasteiger partial charge >= 0.3 is 12.1 Å². The maximum absolute atomic E-state index is 15.4. The first kappa shape index (κ1) is 30.6. The van der Waals surface area contributed by atoms with E-state index in [1.165, 1.54) is 4.90 Å². The molecule has 3 aliphatic heterocycles. The number of ether oxygens (including phenoxy) is 2. The summed E-state index contributed by atoms with van der Waals surface area (Å²) in [7, 11) is 2.11. The maximum atomic E-state index is 15.4. The minimum Gasteiger partial charge on any atom is -0.462 e. The Kier molecular flexibility index (Phi) is 8.75. The summed E-state index contributed by atoms with van der Waals surface area (Å²) >= 11 is 6.69. The number of nitrogens with zero attached hydrogens (tertiary/aromatic N) is 6. The standard InChI is InChI=1S/C33H42ClFN6O3/c1-33(2,3)44-32(42)41-17-16-40(18-23(35)19-41)30-25-13-15-39(28-12-6-9-22-8-5-11-26(34)29(22)28)20-27(25)36-31(37-30)43-21-24-10-7-14-38(24)4/h5-6,8-9,11-12,23-24H,7,10,13-21H2,1-4H3/t23?,24-/m0/s1. The van der Waals surface area contributed by atoms with Crippen LogP contribution in [0.25, 0.3) is 10.8 Å². The summed E-state index contributed by atoms with van der Waals surface area (Å²) < 4.78 is 27.2. The second-order valence-electron chi connectivity index (χ2n) is 13.1. The smallest absolute Gasteiger partial charge is 0.410 e. The van der Waals surface area contributed by atoms with Crippen LogP contribution in [0.1, 0.15) is 44.9 Å². The van der Waals surface area contributed by atoms with Gasteiger partial charge in [-0.05, 0) is 71.1 Å². The lowest BCUT2D eigenvalue weighted by atomic mass is 10.0. The summed E-state index contributed by atoms with van der Waals surface area (Å²) in [5.41, 5.74) is 2.26. The number of halogens is 2. The molecule has 2 atom stereocenters. The van der Waals surface area contributed by atoms with Crippen molar-refractivity contribution in [2.75, 3.05) is 62.7 Å². The second kappa shape index (κ2) is 12.6. The number of benzene rings is 2. The van der Waals surface area contributed by atoms with Crippen LogP contribution in [0.5, 0.6) is 6.01 Å². The summed E-state index contributed by atoms with van der Waals surface area (Å²) in [6.45, 7) is 9.13. The zero-order valence-electron chi connectivity index (χ0n) is 26.1. The lowest BCUT2D eigenvalue weighted by molar-refractivity contribution is 0.0229. The number of carbonyl (C=O) groups is 1. The van der Waals surface area contributed by atoms with Crippen molar-refractivity contribution in [3.05, 3.63) is 52.7 Å². The molecule has 0 spiro atoms. The SMILES string of the molecule is CN1CCC[C@H]1COc1nc2c(c(N3CCN(C(=O)OC(C)(C)C)CC(F)C3)n1)CCN(c1cccc3cccc(Cl)c13)C2. The van der Waals surface area contributed by atoms with Crippen LogP contribution in [0.4, 0.5) is 20.7 Å². The summed E-state index contributed by atoms with van der Waals surface area (Å²) in [6, 6.07) is 12.8. The number of rotatable bonds is 5. The molecular weight excluding hydrogens is 583 g/mol. The monoisotopic (exact) mass is 624 g/mol. The molecule has 1 amide bonds. The molecule has 0 aliphatic carbocycles. The highest BCUT2D eigenvalue weighted by Crippen LogP contribution is 2.37. The number of aromatic nitrogens is 2. The van der Waals surface area contributed by atoms with Gasteiger partial charge in [-0.25, -0.2) is 9.18 Å². The molecule has 0 radical (unpaired) electrons. The first-order chi connectivity index (χ1) is 21.1. The van der Waals surface area contributed by atoms with Gasteiger partial charge in [-0.15, -0.1) is 0 Å². The number of amides is 1. The highest BCUT2D eigenvalue weighted by atomic mass is 35.5. The number of alkyl halides is 1. The molecule has 9 nitrogen and oxygen atoms in total. The normalized spacial score (nSPS) is 21.4. The Balaban J connectivity index is 1.31. The Morgan fingerprint density at radius 2 is 1.84 bits per heavy atom. The largest absolute Gasteiger partial charge is 0.462 e. The van der Waals surface area contributed by atoms with Gasteiger partial charge in [0.2, 0.25) is 0 Å². The lowest BCUT2D eigenvalue weighted by Crippen LogP contribution is -2.40. The van der Waals surface area contributed by atoms with Crippen LogP contribution in [0.3, 0.4) is 0 Å². The predicted molar refractivity (Wildman–Crippen MR) is 172 cm³/mol. The van der Waals surface area contributed by atoms with Gasteiger partial charge in [-0.2, -0.15) is 9.97 Å². The van der Waals surface area contributed by atoms with Gasteiger partial charge in [0.15, 0.2) is 0 Å². The zero-order valence-corrected chi connectivity index (χ0v) is 26.8. The molecule has 1 aromatic heterocycles. The highest BCUT2D eigenvalue weighted by molar-refractivity contribution is 6.36. The average molecular weight is 625 g/mol. The molecule has 0 N–H and O–H groups in total. The van der Waals surface area contributed by atoms with Gasteiger partial charge in [-0.1, -0.05) is 35.9 Å². The van der Waals surface area contributed by atoms with Crippen molar-refractivity contribution in [1.82, 2.24) is 19.8 Å². The van der Waals surface area contributed by atoms with Crippen LogP contribution in [0.15, 0.2) is 36.4 Å². The van der Waals surface area contributed by atoms with E-state index in [4.69, 9.17) is 31.0 Å². The minimum atomic E-state index is -1.26. The van der Waals surface area contributed by atoms with Crippen molar-refractivity contribution >= 4 is 40.0 Å². The molecule has 2 aromatic carbocycles. The predicted octanol–water partition coefficient (Wildman–Crippen LogP) is 5.71. The van der Waals surface area contributed by atoms with E-state index in [-0.39, 0.29) is 13.1 Å². The fourth-order valence-electron chi connectivity index (χ4n) is 6.47. The topological polar surface area (TPSA) is 74.3 Å². The molecule has 236 valence electrons. The fraction of sp³-hybridized carbons (Fsp3) is 0.545. The number of hydrogen-bond acceptors (Lipinski definition) is 8. The van der Waals surface area contributed by atoms with E-state index in [1.807, 2.05) is 37.8 Å². The Morgan fingerprint density at radius 3 is 2.59 bits per heavy atom. The van der Waals surface area contributed by atoms with Crippen LogP contribution in [0, 0.1) is 0 Å². The van der Waals surface area contributed by atoms with Gasteiger partial charge in [0.25, 0.3) is 0 Å². The first-order valence-corrected chi connectivity index (χ1v) is 16.0. The summed E-state index contributed by atoms with van der Waals surface area (Å²) in [5.74, 6) is 0.689. The molecule has 11 heteroatoms. The van der Waals surface area contributed by atoms with Crippen LogP contribution in [-0.2, 0) is 17.7 Å². The molecule has 44 heavy (non-hydrogen) atoms. The molecule has 2 saturated heterocycles. The van der Waals surface area contributed by atoms with Crippen molar-refractivity contribution in [3.8, 4) is 6.01 Å². The van der Waals surface area contributed by atoms with Crippen molar-refractivity contribution in [2.45, 2.75) is 64.4 Å². The number of hydrogen-bond donors (Lipinski definition) is 0. The Labute approximate surface area is 263 Å². The van der Waals surface area contributed by atoms with Crippen LogP contribution >= 0.6 is 11.6 Å². The maximum Gasteiger partial charge on any atom is 0.410 e.